The lowest BCUT2D eigenvalue weighted by Gasteiger charge is -2.24. The summed E-state index contributed by atoms with van der Waals surface area (Å²) >= 11 is 1.32. The van der Waals surface area contributed by atoms with Crippen molar-refractivity contribution in [2.45, 2.75) is 25.8 Å². The smallest absolute Gasteiger partial charge is 0.202 e. The van der Waals surface area contributed by atoms with Gasteiger partial charge in [-0.1, -0.05) is 0 Å². The molecule has 2 N–H and O–H groups in total. The van der Waals surface area contributed by atoms with Crippen molar-refractivity contribution in [3.63, 3.8) is 0 Å². The molecule has 0 unspecified atom stereocenters. The Labute approximate surface area is 75.8 Å². The van der Waals surface area contributed by atoms with Crippen molar-refractivity contribution >= 4 is 16.7 Å². The van der Waals surface area contributed by atoms with Crippen LogP contribution in [0.4, 0.5) is 5.13 Å². The maximum absolute atomic E-state index is 8.76. The van der Waals surface area contributed by atoms with Gasteiger partial charge in [-0.2, -0.15) is 4.37 Å². The number of hydrogen-bond acceptors (Lipinski definition) is 5. The van der Waals surface area contributed by atoms with Crippen molar-refractivity contribution in [3.8, 4) is 0 Å². The Balaban J connectivity index is 2.50. The van der Waals surface area contributed by atoms with Crippen molar-refractivity contribution in [2.75, 3.05) is 11.9 Å². The van der Waals surface area contributed by atoms with Gasteiger partial charge in [0.2, 0.25) is 5.13 Å². The largest absolute Gasteiger partial charge is 0.396 e. The standard InChI is InChI=1S/C7H13N3OS/c1-7(2,3-4-11)10-6-8-5-9-12-6/h5,11H,3-4H2,1-2H3,(H,8,9,10). The van der Waals surface area contributed by atoms with Crippen LogP contribution in [0.2, 0.25) is 0 Å². The Kier molecular flexibility index (Phi) is 2.99. The first kappa shape index (κ1) is 9.41. The number of hydrogen-bond donors (Lipinski definition) is 2. The summed E-state index contributed by atoms with van der Waals surface area (Å²) in [6.07, 6.45) is 2.22. The highest BCUT2D eigenvalue weighted by atomic mass is 32.1. The molecule has 0 saturated heterocycles. The molecule has 12 heavy (non-hydrogen) atoms. The quantitative estimate of drug-likeness (QED) is 0.741. The third-order valence-electron chi connectivity index (χ3n) is 1.54. The van der Waals surface area contributed by atoms with Crippen LogP contribution in [-0.4, -0.2) is 26.6 Å². The number of aliphatic hydroxyl groups excluding tert-OH is 1. The van der Waals surface area contributed by atoms with E-state index < -0.39 is 0 Å². The maximum Gasteiger partial charge on any atom is 0.202 e. The third-order valence-corrected chi connectivity index (χ3v) is 2.12. The van der Waals surface area contributed by atoms with Crippen molar-refractivity contribution in [1.82, 2.24) is 9.36 Å². The van der Waals surface area contributed by atoms with Gasteiger partial charge in [-0.3, -0.25) is 0 Å². The first-order valence-corrected chi connectivity index (χ1v) is 4.57. The summed E-state index contributed by atoms with van der Waals surface area (Å²) in [4.78, 5) is 4.00. The second-order valence-corrected chi connectivity index (χ2v) is 4.01. The van der Waals surface area contributed by atoms with Gasteiger partial charge in [-0.15, -0.1) is 0 Å². The molecule has 0 atom stereocenters. The summed E-state index contributed by atoms with van der Waals surface area (Å²) in [6.45, 7) is 4.22. The molecule has 0 spiro atoms. The summed E-state index contributed by atoms with van der Waals surface area (Å²) < 4.78 is 3.87. The Morgan fingerprint density at radius 2 is 2.42 bits per heavy atom. The van der Waals surface area contributed by atoms with Crippen LogP contribution >= 0.6 is 11.5 Å². The Bertz CT molecular complexity index is 223. The zero-order valence-electron chi connectivity index (χ0n) is 7.24. The molecule has 0 fully saturated rings. The van der Waals surface area contributed by atoms with Crippen molar-refractivity contribution in [3.05, 3.63) is 6.33 Å². The van der Waals surface area contributed by atoms with Gasteiger partial charge >= 0.3 is 0 Å². The number of aliphatic hydroxyl groups is 1. The van der Waals surface area contributed by atoms with Gasteiger partial charge < -0.3 is 10.4 Å². The molecule has 1 aromatic heterocycles. The fourth-order valence-corrected chi connectivity index (χ4v) is 1.47. The van der Waals surface area contributed by atoms with Crippen LogP contribution in [0.5, 0.6) is 0 Å². The first-order valence-electron chi connectivity index (χ1n) is 3.80. The van der Waals surface area contributed by atoms with Crippen LogP contribution in [0.3, 0.4) is 0 Å². The number of anilines is 1. The first-order chi connectivity index (χ1) is 5.64. The van der Waals surface area contributed by atoms with E-state index in [0.29, 0.717) is 6.42 Å². The molecule has 1 heterocycles. The van der Waals surface area contributed by atoms with Crippen LogP contribution in [-0.2, 0) is 0 Å². The summed E-state index contributed by atoms with van der Waals surface area (Å²) in [7, 11) is 0. The van der Waals surface area contributed by atoms with Gasteiger partial charge in [0, 0.05) is 23.7 Å². The Morgan fingerprint density at radius 1 is 1.67 bits per heavy atom. The average Bonchev–Trinajstić information content (AvgIpc) is 2.38. The van der Waals surface area contributed by atoms with E-state index in [9.17, 15) is 0 Å². The highest BCUT2D eigenvalue weighted by molar-refractivity contribution is 7.09. The highest BCUT2D eigenvalue weighted by Gasteiger charge is 2.17. The van der Waals surface area contributed by atoms with E-state index in [2.05, 4.69) is 14.7 Å². The molecular weight excluding hydrogens is 174 g/mol. The van der Waals surface area contributed by atoms with Gasteiger partial charge in [-0.25, -0.2) is 4.98 Å². The SMILES string of the molecule is CC(C)(CCO)Nc1ncns1. The Morgan fingerprint density at radius 3 is 2.92 bits per heavy atom. The number of rotatable bonds is 4. The van der Waals surface area contributed by atoms with Crippen LogP contribution in [0.15, 0.2) is 6.33 Å². The second-order valence-electron chi connectivity index (χ2n) is 3.23. The van der Waals surface area contributed by atoms with Gasteiger partial charge in [0.1, 0.15) is 6.33 Å². The van der Waals surface area contributed by atoms with E-state index in [4.69, 9.17) is 5.11 Å². The average molecular weight is 187 g/mol. The maximum atomic E-state index is 8.76. The van der Waals surface area contributed by atoms with Crippen molar-refractivity contribution < 1.29 is 5.11 Å². The van der Waals surface area contributed by atoms with Crippen LogP contribution < -0.4 is 5.32 Å². The van der Waals surface area contributed by atoms with E-state index in [1.165, 1.54) is 17.9 Å². The van der Waals surface area contributed by atoms with Crippen molar-refractivity contribution in [1.29, 1.82) is 0 Å². The molecule has 0 radical (unpaired) electrons. The molecule has 0 amide bonds. The van der Waals surface area contributed by atoms with Crippen LogP contribution in [0.25, 0.3) is 0 Å². The molecule has 0 bridgehead atoms. The lowest BCUT2D eigenvalue weighted by atomic mass is 10.0. The van der Waals surface area contributed by atoms with E-state index in [-0.39, 0.29) is 12.1 Å². The monoisotopic (exact) mass is 187 g/mol. The van der Waals surface area contributed by atoms with Gasteiger partial charge in [-0.05, 0) is 20.3 Å². The van der Waals surface area contributed by atoms with E-state index in [0.717, 1.165) is 5.13 Å². The lowest BCUT2D eigenvalue weighted by Crippen LogP contribution is -2.31. The minimum atomic E-state index is -0.117. The van der Waals surface area contributed by atoms with Crippen LogP contribution in [0, 0.1) is 0 Å². The zero-order valence-corrected chi connectivity index (χ0v) is 8.06. The predicted molar refractivity (Wildman–Crippen MR) is 49.3 cm³/mol. The van der Waals surface area contributed by atoms with E-state index >= 15 is 0 Å². The predicted octanol–water partition coefficient (Wildman–Crippen LogP) is 1.11. The number of nitrogens with one attached hydrogen (secondary N) is 1. The van der Waals surface area contributed by atoms with E-state index in [1.54, 1.807) is 0 Å². The van der Waals surface area contributed by atoms with Gasteiger partial charge in [0.05, 0.1) is 0 Å². The van der Waals surface area contributed by atoms with Crippen molar-refractivity contribution in [2.24, 2.45) is 0 Å². The number of nitrogens with zero attached hydrogens (tertiary/aromatic N) is 2. The molecule has 4 nitrogen and oxygen atoms in total. The normalized spacial score (nSPS) is 11.6. The third kappa shape index (κ3) is 2.75. The molecule has 0 aromatic carbocycles. The summed E-state index contributed by atoms with van der Waals surface area (Å²) in [6, 6.07) is 0. The number of aromatic nitrogens is 2. The van der Waals surface area contributed by atoms with Crippen LogP contribution in [0.1, 0.15) is 20.3 Å². The van der Waals surface area contributed by atoms with Gasteiger partial charge in [0.15, 0.2) is 0 Å². The molecule has 1 rings (SSSR count). The minimum absolute atomic E-state index is 0.117. The summed E-state index contributed by atoms with van der Waals surface area (Å²) in [5.41, 5.74) is -0.117. The molecule has 5 heteroatoms. The zero-order chi connectivity index (χ0) is 9.03. The fraction of sp³-hybridized carbons (Fsp3) is 0.714. The Hall–Kier alpha value is -0.680. The topological polar surface area (TPSA) is 58.0 Å². The lowest BCUT2D eigenvalue weighted by molar-refractivity contribution is 0.261. The molecule has 0 saturated carbocycles. The minimum Gasteiger partial charge on any atom is -0.396 e. The second kappa shape index (κ2) is 3.82. The van der Waals surface area contributed by atoms with Gasteiger partial charge in [0.25, 0.3) is 0 Å². The molecule has 0 aliphatic carbocycles. The molecule has 1 aromatic rings. The fourth-order valence-electron chi connectivity index (χ4n) is 0.860. The summed E-state index contributed by atoms with van der Waals surface area (Å²) in [5.74, 6) is 0. The van der Waals surface area contributed by atoms with E-state index in [1.807, 2.05) is 13.8 Å². The molecule has 68 valence electrons. The highest BCUT2D eigenvalue weighted by Crippen LogP contribution is 2.17. The molecule has 0 aliphatic rings. The molecule has 0 aliphatic heterocycles. The molecular formula is C7H13N3OS. The summed E-state index contributed by atoms with van der Waals surface area (Å²) in [5, 5.41) is 12.7.